The summed E-state index contributed by atoms with van der Waals surface area (Å²) >= 11 is 0. The molecule has 0 saturated carbocycles. The number of aliphatic carboxylic acids is 1. The Labute approximate surface area is 142 Å². The fourth-order valence-corrected chi connectivity index (χ4v) is 2.52. The van der Waals surface area contributed by atoms with Crippen molar-refractivity contribution in [1.29, 1.82) is 0 Å². The molecule has 0 aliphatic heterocycles. The molecule has 0 amide bonds. The summed E-state index contributed by atoms with van der Waals surface area (Å²) in [4.78, 5) is 22.9. The molecule has 4 heteroatoms. The van der Waals surface area contributed by atoms with E-state index in [9.17, 15) is 9.59 Å². The van der Waals surface area contributed by atoms with Crippen molar-refractivity contribution in [3.63, 3.8) is 0 Å². The highest BCUT2D eigenvalue weighted by Gasteiger charge is 2.17. The van der Waals surface area contributed by atoms with Gasteiger partial charge in [0.1, 0.15) is 6.10 Å². The third-order valence-electron chi connectivity index (χ3n) is 3.79. The lowest BCUT2D eigenvalue weighted by Gasteiger charge is -2.18. The summed E-state index contributed by atoms with van der Waals surface area (Å²) in [5.74, 6) is -1.11. The second-order valence-corrected chi connectivity index (χ2v) is 5.66. The molecule has 2 aromatic carbocycles. The molecular formula is C20H22O4. The topological polar surface area (TPSA) is 63.6 Å². The first-order valence-electron chi connectivity index (χ1n) is 8.19. The van der Waals surface area contributed by atoms with Gasteiger partial charge in [-0.15, -0.1) is 0 Å². The van der Waals surface area contributed by atoms with E-state index < -0.39 is 5.97 Å². The molecule has 2 aromatic rings. The Morgan fingerprint density at radius 2 is 1.50 bits per heavy atom. The van der Waals surface area contributed by atoms with Crippen LogP contribution in [0.5, 0.6) is 0 Å². The van der Waals surface area contributed by atoms with Gasteiger partial charge in [-0.05, 0) is 37.0 Å². The Morgan fingerprint density at radius 1 is 0.875 bits per heavy atom. The van der Waals surface area contributed by atoms with Crippen LogP contribution in [-0.4, -0.2) is 17.0 Å². The first-order valence-corrected chi connectivity index (χ1v) is 8.19. The van der Waals surface area contributed by atoms with Gasteiger partial charge in [0.05, 0.1) is 5.56 Å². The van der Waals surface area contributed by atoms with Crippen LogP contribution in [0.15, 0.2) is 60.7 Å². The Bertz CT molecular complexity index is 637. The standard InChI is InChI=1S/C20H22O4/c21-19(22)15-9-3-8-14-18(16-10-4-1-5-11-16)24-20(23)17-12-6-2-7-13-17/h1-2,4-7,10-13,18H,3,8-9,14-15H2,(H,21,22). The molecule has 126 valence electrons. The fourth-order valence-electron chi connectivity index (χ4n) is 2.52. The van der Waals surface area contributed by atoms with Crippen molar-refractivity contribution in [1.82, 2.24) is 0 Å². The molecule has 4 nitrogen and oxygen atoms in total. The zero-order chi connectivity index (χ0) is 17.2. The summed E-state index contributed by atoms with van der Waals surface area (Å²) in [5, 5.41) is 8.68. The van der Waals surface area contributed by atoms with Crippen LogP contribution in [0, 0.1) is 0 Å². The lowest BCUT2D eigenvalue weighted by atomic mass is 10.0. The molecule has 0 bridgehead atoms. The summed E-state index contributed by atoms with van der Waals surface area (Å²) in [6.07, 6.45) is 2.81. The molecule has 1 atom stereocenters. The van der Waals surface area contributed by atoms with Crippen LogP contribution >= 0.6 is 0 Å². The highest BCUT2D eigenvalue weighted by atomic mass is 16.5. The molecule has 0 fully saturated rings. The maximum Gasteiger partial charge on any atom is 0.338 e. The summed E-state index contributed by atoms with van der Waals surface area (Å²) in [6.45, 7) is 0. The minimum atomic E-state index is -0.773. The van der Waals surface area contributed by atoms with Crippen molar-refractivity contribution in [3.05, 3.63) is 71.8 Å². The van der Waals surface area contributed by atoms with E-state index >= 15 is 0 Å². The second kappa shape index (κ2) is 9.50. The minimum absolute atomic E-state index is 0.180. The molecule has 0 aliphatic rings. The molecule has 1 N–H and O–H groups in total. The van der Waals surface area contributed by atoms with E-state index in [0.29, 0.717) is 18.4 Å². The third-order valence-corrected chi connectivity index (χ3v) is 3.79. The van der Waals surface area contributed by atoms with Crippen molar-refractivity contribution in [2.75, 3.05) is 0 Å². The van der Waals surface area contributed by atoms with Gasteiger partial charge in [0.15, 0.2) is 0 Å². The Balaban J connectivity index is 1.96. The number of carboxylic acids is 1. The highest BCUT2D eigenvalue weighted by Crippen LogP contribution is 2.25. The summed E-state index contributed by atoms with van der Waals surface area (Å²) in [7, 11) is 0. The van der Waals surface area contributed by atoms with Gasteiger partial charge in [-0.3, -0.25) is 4.79 Å². The predicted octanol–water partition coefficient (Wildman–Crippen LogP) is 4.62. The number of esters is 1. The normalized spacial score (nSPS) is 11.7. The van der Waals surface area contributed by atoms with E-state index in [1.165, 1.54) is 0 Å². The largest absolute Gasteiger partial charge is 0.481 e. The van der Waals surface area contributed by atoms with Crippen molar-refractivity contribution >= 4 is 11.9 Å². The zero-order valence-electron chi connectivity index (χ0n) is 13.6. The van der Waals surface area contributed by atoms with E-state index in [2.05, 4.69) is 0 Å². The summed E-state index contributed by atoms with van der Waals surface area (Å²) < 4.78 is 5.70. The number of rotatable bonds is 9. The second-order valence-electron chi connectivity index (χ2n) is 5.66. The molecule has 2 rings (SSSR count). The molecule has 0 spiro atoms. The van der Waals surface area contributed by atoms with Crippen LogP contribution in [0.25, 0.3) is 0 Å². The van der Waals surface area contributed by atoms with Crippen LogP contribution in [-0.2, 0) is 9.53 Å². The van der Waals surface area contributed by atoms with E-state index in [4.69, 9.17) is 9.84 Å². The number of unbranched alkanes of at least 4 members (excludes halogenated alkanes) is 2. The average molecular weight is 326 g/mol. The van der Waals surface area contributed by atoms with Gasteiger partial charge in [-0.1, -0.05) is 55.0 Å². The van der Waals surface area contributed by atoms with Crippen molar-refractivity contribution in [2.45, 2.75) is 38.2 Å². The first kappa shape index (κ1) is 17.7. The number of carbonyl (C=O) groups excluding carboxylic acids is 1. The maximum absolute atomic E-state index is 12.3. The molecule has 0 aliphatic carbocycles. The number of benzene rings is 2. The SMILES string of the molecule is O=C(O)CCCCCC(OC(=O)c1ccccc1)c1ccccc1. The molecule has 24 heavy (non-hydrogen) atoms. The Morgan fingerprint density at radius 3 is 2.12 bits per heavy atom. The lowest BCUT2D eigenvalue weighted by Crippen LogP contribution is -2.12. The number of hydrogen-bond donors (Lipinski definition) is 1. The van der Waals surface area contributed by atoms with Gasteiger partial charge in [0, 0.05) is 6.42 Å². The summed E-state index contributed by atoms with van der Waals surface area (Å²) in [6, 6.07) is 18.6. The van der Waals surface area contributed by atoms with Gasteiger partial charge in [0.25, 0.3) is 0 Å². The zero-order valence-corrected chi connectivity index (χ0v) is 13.6. The van der Waals surface area contributed by atoms with E-state index in [1.54, 1.807) is 24.3 Å². The number of carboxylic acid groups (broad SMARTS) is 1. The quantitative estimate of drug-likeness (QED) is 0.539. The average Bonchev–Trinajstić information content (AvgIpc) is 2.61. The van der Waals surface area contributed by atoms with Crippen LogP contribution in [0.1, 0.15) is 54.1 Å². The van der Waals surface area contributed by atoms with Crippen molar-refractivity contribution < 1.29 is 19.4 Å². The number of hydrogen-bond acceptors (Lipinski definition) is 3. The highest BCUT2D eigenvalue weighted by molar-refractivity contribution is 5.89. The molecule has 0 radical (unpaired) electrons. The molecule has 0 heterocycles. The lowest BCUT2D eigenvalue weighted by molar-refractivity contribution is -0.137. The smallest absolute Gasteiger partial charge is 0.338 e. The van der Waals surface area contributed by atoms with Crippen LogP contribution in [0.2, 0.25) is 0 Å². The minimum Gasteiger partial charge on any atom is -0.481 e. The van der Waals surface area contributed by atoms with Gasteiger partial charge in [-0.2, -0.15) is 0 Å². The van der Waals surface area contributed by atoms with Crippen LogP contribution in [0.4, 0.5) is 0 Å². The molecule has 0 aromatic heterocycles. The monoisotopic (exact) mass is 326 g/mol. The molecular weight excluding hydrogens is 304 g/mol. The van der Waals surface area contributed by atoms with E-state index in [-0.39, 0.29) is 18.5 Å². The van der Waals surface area contributed by atoms with Crippen molar-refractivity contribution in [3.8, 4) is 0 Å². The van der Waals surface area contributed by atoms with Crippen molar-refractivity contribution in [2.24, 2.45) is 0 Å². The third kappa shape index (κ3) is 5.88. The molecule has 1 unspecified atom stereocenters. The maximum atomic E-state index is 12.3. The number of carbonyl (C=O) groups is 2. The van der Waals surface area contributed by atoms with Gasteiger partial charge >= 0.3 is 11.9 Å². The van der Waals surface area contributed by atoms with Crippen LogP contribution in [0.3, 0.4) is 0 Å². The van der Waals surface area contributed by atoms with Gasteiger partial charge in [0.2, 0.25) is 0 Å². The van der Waals surface area contributed by atoms with Crippen LogP contribution < -0.4 is 0 Å². The van der Waals surface area contributed by atoms with Gasteiger partial charge in [-0.25, -0.2) is 4.79 Å². The molecule has 0 saturated heterocycles. The number of ether oxygens (including phenoxy) is 1. The summed E-state index contributed by atoms with van der Waals surface area (Å²) in [5.41, 5.74) is 1.49. The van der Waals surface area contributed by atoms with E-state index in [0.717, 1.165) is 18.4 Å². The van der Waals surface area contributed by atoms with Gasteiger partial charge < -0.3 is 9.84 Å². The Hall–Kier alpha value is -2.62. The van der Waals surface area contributed by atoms with E-state index in [1.807, 2.05) is 36.4 Å². The first-order chi connectivity index (χ1) is 11.7. The predicted molar refractivity (Wildman–Crippen MR) is 91.8 cm³/mol. The Kier molecular flexibility index (Phi) is 7.02. The fraction of sp³-hybridized carbons (Fsp3) is 0.300.